The predicted octanol–water partition coefficient (Wildman–Crippen LogP) is 1.19. The Bertz CT molecular complexity index is 416. The molecule has 0 atom stereocenters. The molecule has 18 heavy (non-hydrogen) atoms. The largest absolute Gasteiger partial charge is 0.328 e. The maximum Gasteiger partial charge on any atom is 0.238 e. The van der Waals surface area contributed by atoms with Crippen LogP contribution in [0.15, 0.2) is 24.3 Å². The standard InChI is InChI=1S/C13H18FN3O/c14-11-3-1-2-4-12(11)16-13(18)9-17-7-5-10(15)6-8-17/h1-4,10H,5-9,15H2,(H,16,18). The summed E-state index contributed by atoms with van der Waals surface area (Å²) in [7, 11) is 0. The minimum Gasteiger partial charge on any atom is -0.328 e. The number of anilines is 1. The second-order valence-corrected chi connectivity index (χ2v) is 4.64. The lowest BCUT2D eigenvalue weighted by atomic mass is 10.1. The van der Waals surface area contributed by atoms with Gasteiger partial charge in [-0.25, -0.2) is 4.39 Å². The van der Waals surface area contributed by atoms with Crippen molar-refractivity contribution in [2.45, 2.75) is 18.9 Å². The molecule has 0 spiro atoms. The van der Waals surface area contributed by atoms with Crippen molar-refractivity contribution in [2.75, 3.05) is 25.0 Å². The van der Waals surface area contributed by atoms with Crippen LogP contribution in [0.1, 0.15) is 12.8 Å². The first-order valence-corrected chi connectivity index (χ1v) is 6.17. The lowest BCUT2D eigenvalue weighted by Crippen LogP contribution is -2.43. The Hall–Kier alpha value is -1.46. The van der Waals surface area contributed by atoms with Crippen molar-refractivity contribution >= 4 is 11.6 Å². The molecule has 98 valence electrons. The summed E-state index contributed by atoms with van der Waals surface area (Å²) in [5.74, 6) is -0.595. The highest BCUT2D eigenvalue weighted by Gasteiger charge is 2.18. The molecule has 0 unspecified atom stereocenters. The Kier molecular flexibility index (Phi) is 4.28. The molecular weight excluding hydrogens is 233 g/mol. The van der Waals surface area contributed by atoms with Gasteiger partial charge in [-0.3, -0.25) is 9.69 Å². The normalized spacial score (nSPS) is 17.7. The van der Waals surface area contributed by atoms with E-state index < -0.39 is 5.82 Å². The number of carbonyl (C=O) groups is 1. The fraction of sp³-hybridized carbons (Fsp3) is 0.462. The molecular formula is C13H18FN3O. The molecule has 0 bridgehead atoms. The van der Waals surface area contributed by atoms with Gasteiger partial charge in [0.15, 0.2) is 0 Å². The van der Waals surface area contributed by atoms with Crippen molar-refractivity contribution < 1.29 is 9.18 Å². The van der Waals surface area contributed by atoms with Crippen LogP contribution in [-0.2, 0) is 4.79 Å². The van der Waals surface area contributed by atoms with Crippen LogP contribution in [0, 0.1) is 5.82 Å². The molecule has 0 saturated carbocycles. The highest BCUT2D eigenvalue weighted by Crippen LogP contribution is 2.13. The highest BCUT2D eigenvalue weighted by molar-refractivity contribution is 5.92. The number of piperidine rings is 1. The average Bonchev–Trinajstić information content (AvgIpc) is 2.35. The van der Waals surface area contributed by atoms with Crippen LogP contribution in [-0.4, -0.2) is 36.5 Å². The lowest BCUT2D eigenvalue weighted by Gasteiger charge is -2.29. The van der Waals surface area contributed by atoms with Gasteiger partial charge < -0.3 is 11.1 Å². The van der Waals surface area contributed by atoms with E-state index >= 15 is 0 Å². The van der Waals surface area contributed by atoms with Crippen molar-refractivity contribution in [2.24, 2.45) is 5.73 Å². The SMILES string of the molecule is NC1CCN(CC(=O)Nc2ccccc2F)CC1. The molecule has 2 rings (SSSR count). The number of halogens is 1. The summed E-state index contributed by atoms with van der Waals surface area (Å²) in [5, 5.41) is 2.58. The summed E-state index contributed by atoms with van der Waals surface area (Å²) in [6, 6.07) is 6.42. The zero-order valence-corrected chi connectivity index (χ0v) is 10.2. The minimum absolute atomic E-state index is 0.185. The monoisotopic (exact) mass is 251 g/mol. The Morgan fingerprint density at radius 2 is 2.06 bits per heavy atom. The molecule has 0 radical (unpaired) electrons. The van der Waals surface area contributed by atoms with Crippen molar-refractivity contribution in [3.05, 3.63) is 30.1 Å². The number of amides is 1. The molecule has 3 N–H and O–H groups in total. The van der Waals surface area contributed by atoms with Crippen molar-refractivity contribution in [3.63, 3.8) is 0 Å². The second kappa shape index (κ2) is 5.93. The number of carbonyl (C=O) groups excluding carboxylic acids is 1. The van der Waals surface area contributed by atoms with Gasteiger partial charge in [0.2, 0.25) is 5.91 Å². The summed E-state index contributed by atoms with van der Waals surface area (Å²) >= 11 is 0. The predicted molar refractivity (Wildman–Crippen MR) is 68.7 cm³/mol. The van der Waals surface area contributed by atoms with E-state index in [1.165, 1.54) is 6.07 Å². The first kappa shape index (κ1) is 13.0. The van der Waals surface area contributed by atoms with Crippen LogP contribution in [0.3, 0.4) is 0 Å². The van der Waals surface area contributed by atoms with Gasteiger partial charge in [-0.2, -0.15) is 0 Å². The number of hydrogen-bond donors (Lipinski definition) is 2. The van der Waals surface area contributed by atoms with Crippen LogP contribution in [0.2, 0.25) is 0 Å². The molecule has 1 fully saturated rings. The number of hydrogen-bond acceptors (Lipinski definition) is 3. The van der Waals surface area contributed by atoms with E-state index in [9.17, 15) is 9.18 Å². The summed E-state index contributed by atoms with van der Waals surface area (Å²) in [4.78, 5) is 13.8. The first-order chi connectivity index (χ1) is 8.65. The zero-order chi connectivity index (χ0) is 13.0. The highest BCUT2D eigenvalue weighted by atomic mass is 19.1. The third kappa shape index (κ3) is 3.51. The molecule has 1 amide bonds. The van der Waals surface area contributed by atoms with Gasteiger partial charge in [0.1, 0.15) is 5.82 Å². The van der Waals surface area contributed by atoms with E-state index in [-0.39, 0.29) is 17.6 Å². The third-order valence-corrected chi connectivity index (χ3v) is 3.15. The van der Waals surface area contributed by atoms with Gasteiger partial charge >= 0.3 is 0 Å². The topological polar surface area (TPSA) is 58.4 Å². The maximum atomic E-state index is 13.3. The number of para-hydroxylation sites is 1. The van der Waals surface area contributed by atoms with Crippen LogP contribution in [0.4, 0.5) is 10.1 Å². The van der Waals surface area contributed by atoms with Crippen LogP contribution in [0.25, 0.3) is 0 Å². The smallest absolute Gasteiger partial charge is 0.238 e. The third-order valence-electron chi connectivity index (χ3n) is 3.15. The molecule has 5 heteroatoms. The van der Waals surface area contributed by atoms with E-state index in [2.05, 4.69) is 5.32 Å². The van der Waals surface area contributed by atoms with Gasteiger partial charge in [-0.15, -0.1) is 0 Å². The van der Waals surface area contributed by atoms with Crippen LogP contribution >= 0.6 is 0 Å². The van der Waals surface area contributed by atoms with E-state index in [0.717, 1.165) is 25.9 Å². The Balaban J connectivity index is 1.84. The Morgan fingerprint density at radius 3 is 2.72 bits per heavy atom. The van der Waals surface area contributed by atoms with E-state index in [1.54, 1.807) is 18.2 Å². The van der Waals surface area contributed by atoms with Gasteiger partial charge in [0.05, 0.1) is 12.2 Å². The molecule has 4 nitrogen and oxygen atoms in total. The average molecular weight is 251 g/mol. The van der Waals surface area contributed by atoms with E-state index in [4.69, 9.17) is 5.73 Å². The molecule has 1 aromatic carbocycles. The Labute approximate surface area is 106 Å². The fourth-order valence-corrected chi connectivity index (χ4v) is 2.07. The number of nitrogens with two attached hydrogens (primary N) is 1. The summed E-state index contributed by atoms with van der Waals surface area (Å²) in [5.41, 5.74) is 6.03. The summed E-state index contributed by atoms with van der Waals surface area (Å²) in [6.07, 6.45) is 1.82. The van der Waals surface area contributed by atoms with Gasteiger partial charge in [-0.05, 0) is 25.0 Å². The molecule has 1 heterocycles. The molecule has 0 aliphatic carbocycles. The number of benzene rings is 1. The van der Waals surface area contributed by atoms with Crippen LogP contribution in [0.5, 0.6) is 0 Å². The lowest BCUT2D eigenvalue weighted by molar-refractivity contribution is -0.117. The number of nitrogens with zero attached hydrogens (tertiary/aromatic N) is 1. The number of nitrogens with one attached hydrogen (secondary N) is 1. The zero-order valence-electron chi connectivity index (χ0n) is 10.2. The second-order valence-electron chi connectivity index (χ2n) is 4.64. The van der Waals surface area contributed by atoms with E-state index in [1.807, 2.05) is 4.90 Å². The number of likely N-dealkylation sites (tertiary alicyclic amines) is 1. The van der Waals surface area contributed by atoms with Gasteiger partial charge in [0, 0.05) is 19.1 Å². The van der Waals surface area contributed by atoms with Crippen molar-refractivity contribution in [1.82, 2.24) is 4.90 Å². The minimum atomic E-state index is -0.411. The summed E-state index contributed by atoms with van der Waals surface area (Å²) in [6.45, 7) is 1.94. The van der Waals surface area contributed by atoms with Crippen molar-refractivity contribution in [3.8, 4) is 0 Å². The molecule has 1 aromatic rings. The van der Waals surface area contributed by atoms with Gasteiger partial charge in [0.25, 0.3) is 0 Å². The number of rotatable bonds is 3. The summed E-state index contributed by atoms with van der Waals surface area (Å²) < 4.78 is 13.3. The quantitative estimate of drug-likeness (QED) is 0.848. The molecule has 1 aliphatic heterocycles. The van der Waals surface area contributed by atoms with Gasteiger partial charge in [-0.1, -0.05) is 12.1 Å². The Morgan fingerprint density at radius 1 is 1.39 bits per heavy atom. The molecule has 1 saturated heterocycles. The molecule has 1 aliphatic rings. The maximum absolute atomic E-state index is 13.3. The first-order valence-electron chi connectivity index (χ1n) is 6.17. The van der Waals surface area contributed by atoms with E-state index in [0.29, 0.717) is 6.54 Å². The molecule has 0 aromatic heterocycles. The van der Waals surface area contributed by atoms with Crippen molar-refractivity contribution in [1.29, 1.82) is 0 Å². The van der Waals surface area contributed by atoms with Crippen LogP contribution < -0.4 is 11.1 Å². The fourth-order valence-electron chi connectivity index (χ4n) is 2.07.